The molecule has 3 aromatic heterocycles. The van der Waals surface area contributed by atoms with Crippen LogP contribution in [0.25, 0.3) is 11.3 Å². The number of urea groups is 1. The van der Waals surface area contributed by atoms with Gasteiger partial charge in [-0.25, -0.2) is 9.78 Å². The lowest BCUT2D eigenvalue weighted by Crippen LogP contribution is -2.19. The van der Waals surface area contributed by atoms with Gasteiger partial charge < -0.3 is 14.6 Å². The van der Waals surface area contributed by atoms with Crippen molar-refractivity contribution in [2.24, 2.45) is 7.05 Å². The summed E-state index contributed by atoms with van der Waals surface area (Å²) in [5.41, 5.74) is 1.81. The van der Waals surface area contributed by atoms with E-state index in [0.29, 0.717) is 34.6 Å². The van der Waals surface area contributed by atoms with Crippen molar-refractivity contribution in [3.05, 3.63) is 60.9 Å². The first-order valence-electron chi connectivity index (χ1n) is 9.90. The Morgan fingerprint density at radius 3 is 2.69 bits per heavy atom. The van der Waals surface area contributed by atoms with E-state index < -0.39 is 6.03 Å². The van der Waals surface area contributed by atoms with Gasteiger partial charge in [0, 0.05) is 42.0 Å². The number of nitrogens with one attached hydrogen (secondary N) is 2. The van der Waals surface area contributed by atoms with Gasteiger partial charge in [-0.1, -0.05) is 32.0 Å². The van der Waals surface area contributed by atoms with Crippen molar-refractivity contribution in [1.29, 1.82) is 0 Å². The normalized spacial score (nSPS) is 11.2. The number of aromatic nitrogens is 5. The number of rotatable bonds is 5. The fraction of sp³-hybridized carbons (Fsp3) is 0.227. The van der Waals surface area contributed by atoms with Crippen LogP contribution in [0.2, 0.25) is 0 Å². The monoisotopic (exact) mass is 433 g/mol. The SMILES string of the molecule is Cn1cc(-c2cncc(Oc3cccc(NC(=O)Nc4cc(C(C)(C)C)on4)c3)n2)cn1. The molecule has 4 rings (SSSR count). The second-order valence-electron chi connectivity index (χ2n) is 8.18. The summed E-state index contributed by atoms with van der Waals surface area (Å²) >= 11 is 0. The summed E-state index contributed by atoms with van der Waals surface area (Å²) in [7, 11) is 1.83. The Morgan fingerprint density at radius 1 is 1.12 bits per heavy atom. The first-order valence-corrected chi connectivity index (χ1v) is 9.90. The van der Waals surface area contributed by atoms with Crippen LogP contribution < -0.4 is 15.4 Å². The molecule has 0 unspecified atom stereocenters. The molecular weight excluding hydrogens is 410 g/mol. The van der Waals surface area contributed by atoms with Crippen molar-refractivity contribution in [2.45, 2.75) is 26.2 Å². The van der Waals surface area contributed by atoms with Crippen molar-refractivity contribution >= 4 is 17.5 Å². The van der Waals surface area contributed by atoms with Crippen molar-refractivity contribution < 1.29 is 14.1 Å². The number of ether oxygens (including phenoxy) is 1. The van der Waals surface area contributed by atoms with E-state index in [-0.39, 0.29) is 5.41 Å². The Balaban J connectivity index is 1.41. The minimum Gasteiger partial charge on any atom is -0.437 e. The van der Waals surface area contributed by atoms with Crippen LogP contribution in [0.4, 0.5) is 16.3 Å². The number of nitrogens with zero attached hydrogens (tertiary/aromatic N) is 5. The average Bonchev–Trinajstić information content (AvgIpc) is 3.37. The molecule has 0 spiro atoms. The molecule has 0 saturated carbocycles. The van der Waals surface area contributed by atoms with Crippen LogP contribution in [0.1, 0.15) is 26.5 Å². The predicted octanol–water partition coefficient (Wildman–Crippen LogP) is 4.60. The van der Waals surface area contributed by atoms with E-state index in [9.17, 15) is 4.79 Å². The zero-order valence-electron chi connectivity index (χ0n) is 18.2. The standard InChI is InChI=1S/C22H23N7O3/c1-22(2,3)18-9-19(28-32-18)27-21(30)25-15-6-5-7-16(8-15)31-20-12-23-11-17(26-20)14-10-24-29(4)13-14/h5-13H,1-4H3,(H2,25,27,28,30). The highest BCUT2D eigenvalue weighted by molar-refractivity contribution is 5.99. The highest BCUT2D eigenvalue weighted by atomic mass is 16.5. The molecule has 3 heterocycles. The largest absolute Gasteiger partial charge is 0.437 e. The number of aryl methyl sites for hydroxylation is 1. The van der Waals surface area contributed by atoms with E-state index in [4.69, 9.17) is 9.26 Å². The molecule has 4 aromatic rings. The van der Waals surface area contributed by atoms with Gasteiger partial charge in [0.15, 0.2) is 5.82 Å². The Kier molecular flexibility index (Phi) is 5.59. The third-order valence-corrected chi connectivity index (χ3v) is 4.42. The molecule has 0 aliphatic carbocycles. The minimum absolute atomic E-state index is 0.202. The Hall–Kier alpha value is -4.21. The van der Waals surface area contributed by atoms with E-state index in [1.54, 1.807) is 47.4 Å². The third-order valence-electron chi connectivity index (χ3n) is 4.42. The van der Waals surface area contributed by atoms with Crippen LogP contribution in [0.5, 0.6) is 11.6 Å². The van der Waals surface area contributed by atoms with Crippen molar-refractivity contribution in [1.82, 2.24) is 24.9 Å². The van der Waals surface area contributed by atoms with Gasteiger partial charge in [-0.15, -0.1) is 0 Å². The maximum Gasteiger partial charge on any atom is 0.324 e. The van der Waals surface area contributed by atoms with Gasteiger partial charge in [0.2, 0.25) is 5.88 Å². The van der Waals surface area contributed by atoms with Crippen molar-refractivity contribution in [2.75, 3.05) is 10.6 Å². The first-order chi connectivity index (χ1) is 15.3. The van der Waals surface area contributed by atoms with Gasteiger partial charge in [0.1, 0.15) is 11.5 Å². The fourth-order valence-electron chi connectivity index (χ4n) is 2.81. The fourth-order valence-corrected chi connectivity index (χ4v) is 2.81. The van der Waals surface area contributed by atoms with Crippen molar-refractivity contribution in [3.63, 3.8) is 0 Å². The topological polar surface area (TPSA) is 120 Å². The zero-order valence-corrected chi connectivity index (χ0v) is 18.2. The van der Waals surface area contributed by atoms with Crippen LogP contribution >= 0.6 is 0 Å². The maximum atomic E-state index is 12.3. The van der Waals surface area contributed by atoms with E-state index in [2.05, 4.69) is 30.9 Å². The smallest absolute Gasteiger partial charge is 0.324 e. The Bertz CT molecular complexity index is 1240. The van der Waals surface area contributed by atoms with Crippen molar-refractivity contribution in [3.8, 4) is 22.9 Å². The summed E-state index contributed by atoms with van der Waals surface area (Å²) in [6.45, 7) is 6.00. The highest BCUT2D eigenvalue weighted by Gasteiger charge is 2.20. The maximum absolute atomic E-state index is 12.3. The van der Waals surface area contributed by atoms with Gasteiger partial charge in [0.05, 0.1) is 24.3 Å². The lowest BCUT2D eigenvalue weighted by molar-refractivity contribution is 0.262. The van der Waals surface area contributed by atoms with Gasteiger partial charge >= 0.3 is 6.03 Å². The number of carbonyl (C=O) groups excluding carboxylic acids is 1. The first kappa shape index (κ1) is 21.0. The zero-order chi connectivity index (χ0) is 22.7. The van der Waals surface area contributed by atoms with Gasteiger partial charge in [0.25, 0.3) is 0 Å². The average molecular weight is 433 g/mol. The molecular formula is C22H23N7O3. The van der Waals surface area contributed by atoms with Gasteiger partial charge in [-0.3, -0.25) is 15.0 Å². The van der Waals surface area contributed by atoms with Crippen LogP contribution in [-0.2, 0) is 12.5 Å². The molecule has 164 valence electrons. The lowest BCUT2D eigenvalue weighted by atomic mass is 9.93. The van der Waals surface area contributed by atoms with Gasteiger partial charge in [-0.2, -0.15) is 5.10 Å². The number of hydrogen-bond donors (Lipinski definition) is 2. The van der Waals surface area contributed by atoms with E-state index in [1.807, 2.05) is 34.0 Å². The minimum atomic E-state index is -0.450. The summed E-state index contributed by atoms with van der Waals surface area (Å²) < 4.78 is 12.8. The molecule has 0 fully saturated rings. The number of benzene rings is 1. The third kappa shape index (κ3) is 5.09. The number of anilines is 2. The molecule has 10 heteroatoms. The molecule has 0 atom stereocenters. The number of amides is 2. The summed E-state index contributed by atoms with van der Waals surface area (Å²) in [5, 5.41) is 13.4. The van der Waals surface area contributed by atoms with Crippen LogP contribution in [0.15, 0.2) is 59.6 Å². The molecule has 0 aliphatic rings. The Labute approximate surface area is 184 Å². The molecule has 10 nitrogen and oxygen atoms in total. The van der Waals surface area contributed by atoms with Crippen LogP contribution in [0, 0.1) is 0 Å². The summed E-state index contributed by atoms with van der Waals surface area (Å²) in [6.07, 6.45) is 6.71. The van der Waals surface area contributed by atoms with Crippen LogP contribution in [0.3, 0.4) is 0 Å². The van der Waals surface area contributed by atoms with E-state index in [0.717, 1.165) is 5.56 Å². The van der Waals surface area contributed by atoms with Crippen LogP contribution in [-0.4, -0.2) is 30.9 Å². The number of hydrogen-bond acceptors (Lipinski definition) is 7. The summed E-state index contributed by atoms with van der Waals surface area (Å²) in [4.78, 5) is 21.0. The van der Waals surface area contributed by atoms with E-state index >= 15 is 0 Å². The second-order valence-corrected chi connectivity index (χ2v) is 8.18. The molecule has 0 aliphatic heterocycles. The summed E-state index contributed by atoms with van der Waals surface area (Å²) in [6, 6.07) is 8.20. The molecule has 0 bridgehead atoms. The van der Waals surface area contributed by atoms with E-state index in [1.165, 1.54) is 6.20 Å². The Morgan fingerprint density at radius 2 is 1.97 bits per heavy atom. The molecule has 32 heavy (non-hydrogen) atoms. The molecule has 1 aromatic carbocycles. The van der Waals surface area contributed by atoms with Gasteiger partial charge in [-0.05, 0) is 12.1 Å². The second kappa shape index (κ2) is 8.50. The quantitative estimate of drug-likeness (QED) is 0.472. The molecule has 2 N–H and O–H groups in total. The highest BCUT2D eigenvalue weighted by Crippen LogP contribution is 2.26. The molecule has 2 amide bonds. The molecule has 0 radical (unpaired) electrons. The molecule has 0 saturated heterocycles. The predicted molar refractivity (Wildman–Crippen MR) is 119 cm³/mol. The lowest BCUT2D eigenvalue weighted by Gasteiger charge is -2.12. The summed E-state index contributed by atoms with van der Waals surface area (Å²) in [5.74, 6) is 1.84. The number of carbonyl (C=O) groups is 1.